The van der Waals surface area contributed by atoms with Gasteiger partial charge < -0.3 is 9.64 Å². The quantitative estimate of drug-likeness (QED) is 0.140. The molecular formula is C26H21Cl2FN8O7S4. The summed E-state index contributed by atoms with van der Waals surface area (Å²) in [4.78, 5) is 19.9. The van der Waals surface area contributed by atoms with Crippen molar-refractivity contribution in [3.05, 3.63) is 92.7 Å². The summed E-state index contributed by atoms with van der Waals surface area (Å²) in [6, 6.07) is 15.6. The maximum Gasteiger partial charge on any atom is 0.289 e. The zero-order valence-electron chi connectivity index (χ0n) is 24.0. The molecule has 3 aromatic carbocycles. The molecule has 1 saturated heterocycles. The van der Waals surface area contributed by atoms with Crippen LogP contribution in [0.4, 0.5) is 26.3 Å². The standard InChI is InChI=1S/C14H9ClFN3O2S2.C12H12ClN5O5S2/c15-11-8-10(6-7-12(11)16)23(20,21)19-14-17-13(18-22-14)9-4-2-1-3-5-9;13-9-2-1-8(7-10(9)18(19)20)25(21,22)16-12-14-11(15-24-12)17-3-5-23-6-4-17/h1-8H,(H,17,18,19);1-2,7H,3-6H2,(H,14,15,16). The number of hydrogen-bond acceptors (Lipinski definition) is 14. The predicted molar refractivity (Wildman–Crippen MR) is 179 cm³/mol. The van der Waals surface area contributed by atoms with Crippen LogP contribution in [0.25, 0.3) is 11.4 Å². The number of sulfonamides is 2. The number of nitrogens with zero attached hydrogens (tertiary/aromatic N) is 6. The number of anilines is 3. The lowest BCUT2D eigenvalue weighted by Gasteiger charge is -2.25. The van der Waals surface area contributed by atoms with E-state index in [1.165, 1.54) is 6.07 Å². The molecule has 22 heteroatoms. The van der Waals surface area contributed by atoms with E-state index in [1.807, 2.05) is 35.2 Å². The van der Waals surface area contributed by atoms with E-state index in [0.717, 1.165) is 59.0 Å². The van der Waals surface area contributed by atoms with Crippen molar-refractivity contribution in [3.8, 4) is 11.4 Å². The second-order valence-corrected chi connectivity index (χ2v) is 15.1. The lowest BCUT2D eigenvalue weighted by molar-refractivity contribution is -0.384. The van der Waals surface area contributed by atoms with Crippen molar-refractivity contribution in [2.24, 2.45) is 0 Å². The van der Waals surface area contributed by atoms with Gasteiger partial charge in [0.05, 0.1) is 33.0 Å². The number of nitro benzene ring substituents is 1. The summed E-state index contributed by atoms with van der Waals surface area (Å²) in [6.45, 7) is 2.34. The highest BCUT2D eigenvalue weighted by Crippen LogP contribution is 2.29. The van der Waals surface area contributed by atoms with E-state index in [1.54, 1.807) is 0 Å². The molecule has 0 bridgehead atoms. The zero-order valence-corrected chi connectivity index (χ0v) is 28.8. The zero-order chi connectivity index (χ0) is 34.5. The molecule has 0 aliphatic carbocycles. The Morgan fingerprint density at radius 2 is 1.44 bits per heavy atom. The molecule has 0 unspecified atom stereocenters. The van der Waals surface area contributed by atoms with E-state index in [4.69, 9.17) is 27.9 Å². The van der Waals surface area contributed by atoms with Crippen LogP contribution in [-0.2, 0) is 24.8 Å². The average molecular weight is 776 g/mol. The summed E-state index contributed by atoms with van der Waals surface area (Å²) in [5.41, 5.74) is 0.287. The summed E-state index contributed by atoms with van der Waals surface area (Å²) in [7, 11) is -7.97. The van der Waals surface area contributed by atoms with Gasteiger partial charge in [-0.1, -0.05) is 53.5 Å². The van der Waals surface area contributed by atoms with Gasteiger partial charge in [0.2, 0.25) is 16.2 Å². The van der Waals surface area contributed by atoms with Crippen molar-refractivity contribution in [1.29, 1.82) is 0 Å². The van der Waals surface area contributed by atoms with Crippen LogP contribution < -0.4 is 14.3 Å². The molecule has 3 heterocycles. The number of aromatic nitrogens is 4. The third-order valence-electron chi connectivity index (χ3n) is 6.24. The fourth-order valence-electron chi connectivity index (χ4n) is 3.91. The van der Waals surface area contributed by atoms with Gasteiger partial charge in [-0.25, -0.2) is 21.2 Å². The van der Waals surface area contributed by atoms with Crippen molar-refractivity contribution in [2.45, 2.75) is 9.79 Å². The molecule has 1 aliphatic rings. The molecule has 0 spiro atoms. The Morgan fingerprint density at radius 1 is 0.833 bits per heavy atom. The molecule has 1 aliphatic heterocycles. The summed E-state index contributed by atoms with van der Waals surface area (Å²) in [5, 5.41) is 10.7. The SMILES string of the molecule is O=S(=O)(Nc1nc(-c2ccccc2)ns1)c1ccc(F)c(Cl)c1.O=[N+]([O-])c1cc(S(=O)(=O)Nc2nc(N3CCOCC3)ns2)ccc1Cl. The van der Waals surface area contributed by atoms with Crippen molar-refractivity contribution in [1.82, 2.24) is 18.7 Å². The topological polar surface area (TPSA) is 200 Å². The van der Waals surface area contributed by atoms with Crippen LogP contribution in [0.15, 0.2) is 76.5 Å². The number of halogens is 3. The van der Waals surface area contributed by atoms with Gasteiger partial charge in [0.25, 0.3) is 25.7 Å². The first-order valence-electron chi connectivity index (χ1n) is 13.3. The number of rotatable bonds is 9. The highest BCUT2D eigenvalue weighted by Gasteiger charge is 2.24. The number of hydrogen-bond donors (Lipinski definition) is 2. The highest BCUT2D eigenvalue weighted by molar-refractivity contribution is 7.93. The number of benzene rings is 3. The van der Waals surface area contributed by atoms with Crippen LogP contribution in [0.2, 0.25) is 10.0 Å². The minimum atomic E-state index is -4.05. The van der Waals surface area contributed by atoms with Gasteiger partial charge in [0.1, 0.15) is 10.8 Å². The van der Waals surface area contributed by atoms with E-state index in [-0.39, 0.29) is 30.1 Å². The van der Waals surface area contributed by atoms with E-state index in [0.29, 0.717) is 38.1 Å². The van der Waals surface area contributed by atoms with Gasteiger partial charge in [-0.2, -0.15) is 18.7 Å². The van der Waals surface area contributed by atoms with Crippen molar-refractivity contribution in [2.75, 3.05) is 40.6 Å². The normalized spacial score (nSPS) is 13.4. The summed E-state index contributed by atoms with van der Waals surface area (Å²) in [6.07, 6.45) is 0. The van der Waals surface area contributed by atoms with Crippen molar-refractivity contribution in [3.63, 3.8) is 0 Å². The largest absolute Gasteiger partial charge is 0.378 e. The molecule has 0 amide bonds. The smallest absolute Gasteiger partial charge is 0.289 e. The third kappa shape index (κ3) is 8.69. The number of nitro groups is 1. The maximum absolute atomic E-state index is 13.1. The Labute approximate surface area is 290 Å². The Morgan fingerprint density at radius 3 is 2.08 bits per heavy atom. The molecule has 48 heavy (non-hydrogen) atoms. The van der Waals surface area contributed by atoms with Crippen LogP contribution in [0.5, 0.6) is 0 Å². The Hall–Kier alpha value is -4.05. The van der Waals surface area contributed by atoms with Gasteiger partial charge in [-0.3, -0.25) is 19.6 Å². The third-order valence-corrected chi connectivity index (χ3v) is 11.0. The molecule has 0 radical (unpaired) electrons. The molecule has 6 rings (SSSR count). The minimum Gasteiger partial charge on any atom is -0.378 e. The van der Waals surface area contributed by atoms with Crippen LogP contribution in [0.3, 0.4) is 0 Å². The molecule has 5 aromatic rings. The monoisotopic (exact) mass is 774 g/mol. The first-order valence-corrected chi connectivity index (χ1v) is 18.6. The van der Waals surface area contributed by atoms with E-state index in [9.17, 15) is 31.3 Å². The molecule has 1 fully saturated rings. The Bertz CT molecular complexity index is 2150. The summed E-state index contributed by atoms with van der Waals surface area (Å²) >= 11 is 13.1. The molecule has 0 atom stereocenters. The van der Waals surface area contributed by atoms with Gasteiger partial charge >= 0.3 is 0 Å². The molecule has 252 valence electrons. The van der Waals surface area contributed by atoms with Crippen LogP contribution in [-0.4, -0.2) is 66.8 Å². The number of morpholine rings is 1. The number of nitrogens with one attached hydrogen (secondary N) is 2. The van der Waals surface area contributed by atoms with Crippen LogP contribution in [0.1, 0.15) is 0 Å². The maximum atomic E-state index is 13.1. The molecule has 2 N–H and O–H groups in total. The molecule has 0 saturated carbocycles. The average Bonchev–Trinajstić information content (AvgIpc) is 3.73. The molecule has 2 aromatic heterocycles. The van der Waals surface area contributed by atoms with Crippen molar-refractivity contribution >= 4 is 88.2 Å². The molecule has 15 nitrogen and oxygen atoms in total. The van der Waals surface area contributed by atoms with E-state index in [2.05, 4.69) is 28.2 Å². The van der Waals surface area contributed by atoms with E-state index < -0.39 is 36.5 Å². The number of ether oxygens (including phenoxy) is 1. The Balaban J connectivity index is 0.000000188. The van der Waals surface area contributed by atoms with Gasteiger partial charge in [-0.15, -0.1) is 0 Å². The highest BCUT2D eigenvalue weighted by atomic mass is 35.5. The Kier molecular flexibility index (Phi) is 11.0. The second kappa shape index (κ2) is 15.0. The second-order valence-electron chi connectivity index (χ2n) is 9.45. The van der Waals surface area contributed by atoms with Gasteiger partial charge in [0, 0.05) is 47.8 Å². The van der Waals surface area contributed by atoms with Gasteiger partial charge in [0.15, 0.2) is 5.82 Å². The lowest BCUT2D eigenvalue weighted by atomic mass is 10.2. The van der Waals surface area contributed by atoms with E-state index >= 15 is 0 Å². The first kappa shape index (κ1) is 35.3. The lowest BCUT2D eigenvalue weighted by Crippen LogP contribution is -2.36. The van der Waals surface area contributed by atoms with Crippen molar-refractivity contribution < 1.29 is 30.9 Å². The summed E-state index contributed by atoms with van der Waals surface area (Å²) in [5.74, 6) is 0.145. The fraction of sp³-hybridized carbons (Fsp3) is 0.154. The predicted octanol–water partition coefficient (Wildman–Crippen LogP) is 5.54. The fourth-order valence-corrected chi connectivity index (χ4v) is 8.01. The van der Waals surface area contributed by atoms with Crippen LogP contribution in [0, 0.1) is 15.9 Å². The molecular weight excluding hydrogens is 755 g/mol. The minimum absolute atomic E-state index is 0.0686. The van der Waals surface area contributed by atoms with Crippen LogP contribution >= 0.6 is 46.3 Å². The summed E-state index contributed by atoms with van der Waals surface area (Å²) < 4.78 is 80.5. The first-order chi connectivity index (χ1) is 22.8. The van der Waals surface area contributed by atoms with Gasteiger partial charge in [-0.05, 0) is 30.3 Å².